The lowest BCUT2D eigenvalue weighted by Gasteiger charge is -2.26. The summed E-state index contributed by atoms with van der Waals surface area (Å²) in [5.41, 5.74) is -0.584. The second kappa shape index (κ2) is 12.2. The van der Waals surface area contributed by atoms with E-state index in [-0.39, 0.29) is 12.3 Å². The highest BCUT2D eigenvalue weighted by Gasteiger charge is 2.25. The summed E-state index contributed by atoms with van der Waals surface area (Å²) in [7, 11) is 0. The Morgan fingerprint density at radius 1 is 1.04 bits per heavy atom. The number of carboxylic acid groups (broad SMARTS) is 1. The minimum atomic E-state index is -0.900. The molecule has 142 valence electrons. The molecular weight excluding hydrogens is 306 g/mol. The van der Waals surface area contributed by atoms with Gasteiger partial charge in [0.15, 0.2) is 0 Å². The molecule has 0 fully saturated rings. The number of carboxylic acids is 1. The molecule has 0 spiro atoms. The number of ether oxygens (including phenoxy) is 1. The molecule has 1 amide bonds. The van der Waals surface area contributed by atoms with E-state index in [0.29, 0.717) is 0 Å². The SMILES string of the molecule is CCCCCCCCCC(C)C(CC(=O)O)NC(=O)OC(C)(C)C. The number of carbonyl (C=O) groups excluding carboxylic acids is 1. The summed E-state index contributed by atoms with van der Waals surface area (Å²) in [5, 5.41) is 11.8. The molecule has 0 saturated heterocycles. The van der Waals surface area contributed by atoms with Gasteiger partial charge < -0.3 is 15.2 Å². The molecule has 5 nitrogen and oxygen atoms in total. The van der Waals surface area contributed by atoms with Crippen molar-refractivity contribution in [3.63, 3.8) is 0 Å². The van der Waals surface area contributed by atoms with Gasteiger partial charge in [-0.1, -0.05) is 58.8 Å². The summed E-state index contributed by atoms with van der Waals surface area (Å²) in [5.74, 6) is -0.785. The van der Waals surface area contributed by atoms with Crippen LogP contribution < -0.4 is 5.32 Å². The molecule has 0 aromatic heterocycles. The number of rotatable bonds is 12. The van der Waals surface area contributed by atoms with Crippen molar-refractivity contribution in [2.45, 2.75) is 104 Å². The number of carbonyl (C=O) groups is 2. The lowest BCUT2D eigenvalue weighted by Crippen LogP contribution is -2.43. The maximum atomic E-state index is 11.9. The van der Waals surface area contributed by atoms with Crippen molar-refractivity contribution in [2.75, 3.05) is 0 Å². The van der Waals surface area contributed by atoms with Crippen LogP contribution in [0.2, 0.25) is 0 Å². The first-order valence-corrected chi connectivity index (χ1v) is 9.37. The fourth-order valence-corrected chi connectivity index (χ4v) is 2.67. The summed E-state index contributed by atoms with van der Waals surface area (Å²) < 4.78 is 5.24. The van der Waals surface area contributed by atoms with Crippen molar-refractivity contribution in [1.29, 1.82) is 0 Å². The molecule has 5 heteroatoms. The zero-order valence-electron chi connectivity index (χ0n) is 16.2. The summed E-state index contributed by atoms with van der Waals surface area (Å²) >= 11 is 0. The van der Waals surface area contributed by atoms with Crippen LogP contribution in [-0.4, -0.2) is 28.8 Å². The molecule has 0 aromatic carbocycles. The van der Waals surface area contributed by atoms with Gasteiger partial charge >= 0.3 is 12.1 Å². The van der Waals surface area contributed by atoms with Gasteiger partial charge in [-0.3, -0.25) is 4.79 Å². The van der Waals surface area contributed by atoms with E-state index < -0.39 is 23.7 Å². The van der Waals surface area contributed by atoms with Crippen LogP contribution in [0.1, 0.15) is 92.4 Å². The quantitative estimate of drug-likeness (QED) is 0.482. The Bertz CT molecular complexity index is 363. The Labute approximate surface area is 147 Å². The van der Waals surface area contributed by atoms with Crippen LogP contribution in [-0.2, 0) is 9.53 Å². The molecule has 0 aromatic rings. The van der Waals surface area contributed by atoms with Crippen LogP contribution in [0.15, 0.2) is 0 Å². The van der Waals surface area contributed by atoms with Crippen LogP contribution in [0.3, 0.4) is 0 Å². The van der Waals surface area contributed by atoms with Gasteiger partial charge in [-0.05, 0) is 33.1 Å². The molecule has 2 unspecified atom stereocenters. The Balaban J connectivity index is 4.23. The fraction of sp³-hybridized carbons (Fsp3) is 0.895. The normalized spacial score (nSPS) is 14.0. The molecule has 0 heterocycles. The maximum Gasteiger partial charge on any atom is 0.407 e. The predicted molar refractivity (Wildman–Crippen MR) is 97.2 cm³/mol. The van der Waals surface area contributed by atoms with Gasteiger partial charge in [-0.15, -0.1) is 0 Å². The number of unbranched alkanes of at least 4 members (excludes halogenated alkanes) is 6. The van der Waals surface area contributed by atoms with Crippen molar-refractivity contribution in [3.8, 4) is 0 Å². The first-order chi connectivity index (χ1) is 11.2. The first-order valence-electron chi connectivity index (χ1n) is 9.37. The number of alkyl carbamates (subject to hydrolysis) is 1. The van der Waals surface area contributed by atoms with Gasteiger partial charge in [0.25, 0.3) is 0 Å². The molecule has 0 radical (unpaired) electrons. The van der Waals surface area contributed by atoms with E-state index in [4.69, 9.17) is 9.84 Å². The third kappa shape index (κ3) is 13.2. The van der Waals surface area contributed by atoms with Crippen LogP contribution >= 0.6 is 0 Å². The lowest BCUT2D eigenvalue weighted by atomic mass is 9.92. The van der Waals surface area contributed by atoms with Gasteiger partial charge in [0, 0.05) is 6.04 Å². The summed E-state index contributed by atoms with van der Waals surface area (Å²) in [4.78, 5) is 23.0. The molecule has 0 bridgehead atoms. The Morgan fingerprint density at radius 2 is 1.58 bits per heavy atom. The zero-order valence-corrected chi connectivity index (χ0v) is 16.2. The topological polar surface area (TPSA) is 75.6 Å². The minimum Gasteiger partial charge on any atom is -0.481 e. The van der Waals surface area contributed by atoms with Crippen molar-refractivity contribution >= 4 is 12.1 Å². The standard InChI is InChI=1S/C19H37NO4/c1-6-7-8-9-10-11-12-13-15(2)16(14-17(21)22)20-18(23)24-19(3,4)5/h15-16H,6-14H2,1-5H3,(H,20,23)(H,21,22). The van der Waals surface area contributed by atoms with Crippen molar-refractivity contribution in [1.82, 2.24) is 5.32 Å². The maximum absolute atomic E-state index is 11.9. The van der Waals surface area contributed by atoms with E-state index in [1.54, 1.807) is 20.8 Å². The average Bonchev–Trinajstić information content (AvgIpc) is 2.42. The van der Waals surface area contributed by atoms with Crippen LogP contribution in [0.25, 0.3) is 0 Å². The number of amides is 1. The van der Waals surface area contributed by atoms with Crippen molar-refractivity contribution in [2.24, 2.45) is 5.92 Å². The smallest absolute Gasteiger partial charge is 0.407 e. The third-order valence-corrected chi connectivity index (χ3v) is 4.05. The van der Waals surface area contributed by atoms with Gasteiger partial charge in [-0.2, -0.15) is 0 Å². The van der Waals surface area contributed by atoms with Crippen LogP contribution in [0.4, 0.5) is 4.79 Å². The second-order valence-corrected chi connectivity index (χ2v) is 7.74. The number of hydrogen-bond acceptors (Lipinski definition) is 3. The van der Waals surface area contributed by atoms with Crippen molar-refractivity contribution < 1.29 is 19.4 Å². The minimum absolute atomic E-state index is 0.0725. The first kappa shape index (κ1) is 22.7. The van der Waals surface area contributed by atoms with E-state index in [9.17, 15) is 9.59 Å². The predicted octanol–water partition coefficient (Wildman–Crippen LogP) is 5.13. The van der Waals surface area contributed by atoms with Crippen molar-refractivity contribution in [3.05, 3.63) is 0 Å². The second-order valence-electron chi connectivity index (χ2n) is 7.74. The van der Waals surface area contributed by atoms with E-state index >= 15 is 0 Å². The van der Waals surface area contributed by atoms with Gasteiger partial charge in [0.1, 0.15) is 5.60 Å². The molecule has 2 N–H and O–H groups in total. The Kier molecular flexibility index (Phi) is 11.5. The highest BCUT2D eigenvalue weighted by molar-refractivity contribution is 5.71. The molecule has 0 saturated carbocycles. The molecule has 2 atom stereocenters. The van der Waals surface area contributed by atoms with Crippen LogP contribution in [0.5, 0.6) is 0 Å². The average molecular weight is 344 g/mol. The number of aliphatic carboxylic acids is 1. The summed E-state index contributed by atoms with van der Waals surface area (Å²) in [6, 6.07) is -0.391. The van der Waals surface area contributed by atoms with Gasteiger partial charge in [-0.25, -0.2) is 4.79 Å². The molecular formula is C19H37NO4. The molecule has 0 aliphatic heterocycles. The largest absolute Gasteiger partial charge is 0.481 e. The molecule has 24 heavy (non-hydrogen) atoms. The van der Waals surface area contributed by atoms with Gasteiger partial charge in [0.2, 0.25) is 0 Å². The van der Waals surface area contributed by atoms with E-state index in [2.05, 4.69) is 12.2 Å². The monoisotopic (exact) mass is 343 g/mol. The molecule has 0 aliphatic rings. The Hall–Kier alpha value is -1.26. The third-order valence-electron chi connectivity index (χ3n) is 4.05. The molecule has 0 rings (SSSR count). The number of hydrogen-bond donors (Lipinski definition) is 2. The van der Waals surface area contributed by atoms with Crippen LogP contribution in [0, 0.1) is 5.92 Å². The summed E-state index contributed by atoms with van der Waals surface area (Å²) in [6.07, 6.45) is 8.90. The molecule has 0 aliphatic carbocycles. The van der Waals surface area contributed by atoms with E-state index in [1.807, 2.05) is 6.92 Å². The summed E-state index contributed by atoms with van der Waals surface area (Å²) in [6.45, 7) is 9.59. The van der Waals surface area contributed by atoms with Gasteiger partial charge in [0.05, 0.1) is 6.42 Å². The highest BCUT2D eigenvalue weighted by Crippen LogP contribution is 2.18. The fourth-order valence-electron chi connectivity index (χ4n) is 2.67. The lowest BCUT2D eigenvalue weighted by molar-refractivity contribution is -0.137. The zero-order chi connectivity index (χ0) is 18.6. The van der Waals surface area contributed by atoms with E-state index in [0.717, 1.165) is 12.8 Å². The number of nitrogens with one attached hydrogen (secondary N) is 1. The Morgan fingerprint density at radius 3 is 2.08 bits per heavy atom. The van der Waals surface area contributed by atoms with E-state index in [1.165, 1.54) is 38.5 Å². The highest BCUT2D eigenvalue weighted by atomic mass is 16.6.